The molecule has 5 nitrogen and oxygen atoms in total. The van der Waals surface area contributed by atoms with Crippen LogP contribution in [0.3, 0.4) is 0 Å². The smallest absolute Gasteiger partial charge is 0.252 e. The van der Waals surface area contributed by atoms with Gasteiger partial charge in [-0.2, -0.15) is 15.0 Å². The van der Waals surface area contributed by atoms with Crippen molar-refractivity contribution >= 4 is 21.8 Å². The number of benzene rings is 1. The van der Waals surface area contributed by atoms with Crippen LogP contribution in [0.4, 0.5) is 0 Å². The van der Waals surface area contributed by atoms with Gasteiger partial charge < -0.3 is 5.32 Å². The van der Waals surface area contributed by atoms with Crippen molar-refractivity contribution < 1.29 is 4.79 Å². The quantitative estimate of drug-likeness (QED) is 0.929. The summed E-state index contributed by atoms with van der Waals surface area (Å²) in [5.74, 6) is -0.107. The molecule has 0 saturated carbocycles. The van der Waals surface area contributed by atoms with Gasteiger partial charge in [0.1, 0.15) is 0 Å². The van der Waals surface area contributed by atoms with Crippen molar-refractivity contribution in [3.8, 4) is 0 Å². The molecule has 0 aliphatic carbocycles. The molecule has 0 fully saturated rings. The maximum Gasteiger partial charge on any atom is 0.252 e. The Morgan fingerprint density at radius 1 is 1.29 bits per heavy atom. The number of nitrogens with zero attached hydrogens (tertiary/aromatic N) is 3. The molecular formula is C11H11BrN4O. The number of carbonyl (C=O) groups is 1. The van der Waals surface area contributed by atoms with Gasteiger partial charge in [-0.1, -0.05) is 12.1 Å². The first-order valence-corrected chi connectivity index (χ1v) is 5.93. The zero-order valence-corrected chi connectivity index (χ0v) is 10.6. The Morgan fingerprint density at radius 3 is 2.71 bits per heavy atom. The molecule has 2 rings (SSSR count). The summed E-state index contributed by atoms with van der Waals surface area (Å²) in [4.78, 5) is 13.3. The second-order valence-electron chi connectivity index (χ2n) is 3.36. The average Bonchev–Trinajstić information content (AvgIpc) is 2.82. The normalized spacial score (nSPS) is 10.2. The van der Waals surface area contributed by atoms with E-state index in [1.165, 1.54) is 4.80 Å². The summed E-state index contributed by atoms with van der Waals surface area (Å²) in [6.45, 7) is 1.05. The van der Waals surface area contributed by atoms with Crippen LogP contribution in [0.15, 0.2) is 41.1 Å². The Kier molecular flexibility index (Phi) is 3.87. The van der Waals surface area contributed by atoms with Gasteiger partial charge in [-0.3, -0.25) is 4.79 Å². The third-order valence-corrected chi connectivity index (χ3v) is 2.87. The fourth-order valence-electron chi connectivity index (χ4n) is 1.37. The first-order valence-electron chi connectivity index (χ1n) is 5.14. The summed E-state index contributed by atoms with van der Waals surface area (Å²) in [5.41, 5.74) is 0.626. The highest BCUT2D eigenvalue weighted by Crippen LogP contribution is 2.15. The van der Waals surface area contributed by atoms with Crippen molar-refractivity contribution in [1.82, 2.24) is 20.3 Å². The minimum atomic E-state index is -0.107. The van der Waals surface area contributed by atoms with E-state index in [0.29, 0.717) is 18.7 Å². The largest absolute Gasteiger partial charge is 0.350 e. The molecule has 88 valence electrons. The number of halogens is 1. The minimum absolute atomic E-state index is 0.107. The van der Waals surface area contributed by atoms with E-state index in [4.69, 9.17) is 0 Å². The zero-order chi connectivity index (χ0) is 12.1. The molecule has 0 aliphatic heterocycles. The molecule has 1 amide bonds. The minimum Gasteiger partial charge on any atom is -0.350 e. The molecule has 0 bridgehead atoms. The molecule has 1 aromatic carbocycles. The molecule has 2 aromatic rings. The highest BCUT2D eigenvalue weighted by Gasteiger charge is 2.07. The van der Waals surface area contributed by atoms with Gasteiger partial charge in [0.25, 0.3) is 5.91 Å². The van der Waals surface area contributed by atoms with Gasteiger partial charge in [-0.05, 0) is 28.1 Å². The summed E-state index contributed by atoms with van der Waals surface area (Å²) in [6.07, 6.45) is 3.21. The van der Waals surface area contributed by atoms with E-state index < -0.39 is 0 Å². The second-order valence-corrected chi connectivity index (χ2v) is 4.22. The fraction of sp³-hybridized carbons (Fsp3) is 0.182. The monoisotopic (exact) mass is 294 g/mol. The van der Waals surface area contributed by atoms with E-state index in [1.807, 2.05) is 18.2 Å². The predicted molar refractivity (Wildman–Crippen MR) is 66.5 cm³/mol. The molecule has 0 atom stereocenters. The molecule has 17 heavy (non-hydrogen) atoms. The SMILES string of the molecule is O=C(NCCn1nccn1)c1ccccc1Br. The van der Waals surface area contributed by atoms with Crippen LogP contribution in [0.5, 0.6) is 0 Å². The van der Waals surface area contributed by atoms with E-state index in [2.05, 4.69) is 31.4 Å². The Balaban J connectivity index is 1.88. The van der Waals surface area contributed by atoms with Crippen LogP contribution in [0.25, 0.3) is 0 Å². The molecule has 6 heteroatoms. The van der Waals surface area contributed by atoms with Crippen LogP contribution in [0.1, 0.15) is 10.4 Å². The van der Waals surface area contributed by atoms with Crippen molar-refractivity contribution in [3.05, 3.63) is 46.7 Å². The van der Waals surface area contributed by atoms with Crippen LogP contribution in [0.2, 0.25) is 0 Å². The first kappa shape index (κ1) is 11.8. The summed E-state index contributed by atoms with van der Waals surface area (Å²) < 4.78 is 0.787. The highest BCUT2D eigenvalue weighted by atomic mass is 79.9. The summed E-state index contributed by atoms with van der Waals surface area (Å²) in [6, 6.07) is 7.30. The topological polar surface area (TPSA) is 59.8 Å². The number of hydrogen-bond acceptors (Lipinski definition) is 3. The molecule has 0 spiro atoms. The Labute approximate surface area is 107 Å². The van der Waals surface area contributed by atoms with Gasteiger partial charge in [0, 0.05) is 11.0 Å². The lowest BCUT2D eigenvalue weighted by molar-refractivity contribution is 0.0950. The van der Waals surface area contributed by atoms with E-state index in [1.54, 1.807) is 18.5 Å². The summed E-state index contributed by atoms with van der Waals surface area (Å²) in [5, 5.41) is 10.7. The Bertz CT molecular complexity index is 498. The highest BCUT2D eigenvalue weighted by molar-refractivity contribution is 9.10. The van der Waals surface area contributed by atoms with Crippen molar-refractivity contribution in [2.45, 2.75) is 6.54 Å². The lowest BCUT2D eigenvalue weighted by Crippen LogP contribution is -2.28. The molecular weight excluding hydrogens is 284 g/mol. The summed E-state index contributed by atoms with van der Waals surface area (Å²) >= 11 is 3.34. The van der Waals surface area contributed by atoms with Crippen LogP contribution in [-0.4, -0.2) is 27.4 Å². The molecule has 0 radical (unpaired) electrons. The summed E-state index contributed by atoms with van der Waals surface area (Å²) in [7, 11) is 0. The Morgan fingerprint density at radius 2 is 2.00 bits per heavy atom. The Hall–Kier alpha value is -1.69. The lowest BCUT2D eigenvalue weighted by Gasteiger charge is -2.06. The van der Waals surface area contributed by atoms with Gasteiger partial charge >= 0.3 is 0 Å². The maximum absolute atomic E-state index is 11.8. The van der Waals surface area contributed by atoms with E-state index in [-0.39, 0.29) is 5.91 Å². The number of nitrogens with one attached hydrogen (secondary N) is 1. The number of rotatable bonds is 4. The standard InChI is InChI=1S/C11H11BrN4O/c12-10-4-2-1-3-9(10)11(17)13-7-8-16-14-5-6-15-16/h1-6H,7-8H2,(H,13,17). The molecule has 0 aliphatic rings. The number of amides is 1. The van der Waals surface area contributed by atoms with Gasteiger partial charge in [0.2, 0.25) is 0 Å². The first-order chi connectivity index (χ1) is 8.27. The lowest BCUT2D eigenvalue weighted by atomic mass is 10.2. The van der Waals surface area contributed by atoms with E-state index in [0.717, 1.165) is 4.47 Å². The molecule has 1 N–H and O–H groups in total. The number of aromatic nitrogens is 3. The fourth-order valence-corrected chi connectivity index (χ4v) is 1.83. The third kappa shape index (κ3) is 3.13. The maximum atomic E-state index is 11.8. The average molecular weight is 295 g/mol. The van der Waals surface area contributed by atoms with E-state index >= 15 is 0 Å². The second kappa shape index (κ2) is 5.58. The zero-order valence-electron chi connectivity index (χ0n) is 9.01. The van der Waals surface area contributed by atoms with Crippen molar-refractivity contribution in [3.63, 3.8) is 0 Å². The van der Waals surface area contributed by atoms with Crippen LogP contribution >= 0.6 is 15.9 Å². The van der Waals surface area contributed by atoms with Gasteiger partial charge in [0.15, 0.2) is 0 Å². The number of hydrogen-bond donors (Lipinski definition) is 1. The van der Waals surface area contributed by atoms with Gasteiger partial charge in [-0.25, -0.2) is 0 Å². The van der Waals surface area contributed by atoms with Crippen LogP contribution in [-0.2, 0) is 6.54 Å². The van der Waals surface area contributed by atoms with Crippen LogP contribution < -0.4 is 5.32 Å². The number of carbonyl (C=O) groups excluding carboxylic acids is 1. The molecule has 1 heterocycles. The molecule has 1 aromatic heterocycles. The molecule has 0 unspecified atom stereocenters. The van der Waals surface area contributed by atoms with E-state index in [9.17, 15) is 4.79 Å². The van der Waals surface area contributed by atoms with Crippen LogP contribution in [0, 0.1) is 0 Å². The van der Waals surface area contributed by atoms with Gasteiger partial charge in [0.05, 0.1) is 24.5 Å². The van der Waals surface area contributed by atoms with Crippen molar-refractivity contribution in [1.29, 1.82) is 0 Å². The third-order valence-electron chi connectivity index (χ3n) is 2.18. The van der Waals surface area contributed by atoms with Gasteiger partial charge in [-0.15, -0.1) is 0 Å². The predicted octanol–water partition coefficient (Wildman–Crippen LogP) is 1.47. The molecule has 0 saturated heterocycles. The van der Waals surface area contributed by atoms with Crippen molar-refractivity contribution in [2.24, 2.45) is 0 Å². The van der Waals surface area contributed by atoms with Crippen molar-refractivity contribution in [2.75, 3.05) is 6.54 Å².